The van der Waals surface area contributed by atoms with Crippen LogP contribution in [-0.4, -0.2) is 23.1 Å². The van der Waals surface area contributed by atoms with E-state index < -0.39 is 6.10 Å². The molecule has 0 bridgehead atoms. The van der Waals surface area contributed by atoms with E-state index in [1.165, 1.54) is 31.2 Å². The van der Waals surface area contributed by atoms with Crippen LogP contribution in [0.3, 0.4) is 0 Å². The van der Waals surface area contributed by atoms with Gasteiger partial charge in [-0.1, -0.05) is 66.9 Å². The lowest BCUT2D eigenvalue weighted by Crippen LogP contribution is -2.33. The smallest absolute Gasteiger partial charge is 0.0986 e. The normalized spacial score (nSPS) is 19.0. The molecule has 0 spiro atoms. The van der Waals surface area contributed by atoms with Crippen LogP contribution in [0.2, 0.25) is 5.02 Å². The molecule has 1 fully saturated rings. The first kappa shape index (κ1) is 16.5. The highest BCUT2D eigenvalue weighted by atomic mass is 35.5. The van der Waals surface area contributed by atoms with E-state index >= 15 is 0 Å². The Morgan fingerprint density at radius 2 is 1.39 bits per heavy atom. The summed E-state index contributed by atoms with van der Waals surface area (Å²) in [5, 5.41) is 11.8. The van der Waals surface area contributed by atoms with Gasteiger partial charge in [0.05, 0.1) is 12.1 Å². The Hall–Kier alpha value is -1.35. The largest absolute Gasteiger partial charge is 0.386 e. The van der Waals surface area contributed by atoms with Gasteiger partial charge in [0.2, 0.25) is 0 Å². The van der Waals surface area contributed by atoms with Crippen molar-refractivity contribution >= 4 is 11.6 Å². The van der Waals surface area contributed by atoms with Crippen LogP contribution in [-0.2, 0) is 0 Å². The SMILES string of the molecule is O[C@@H](c1ccc(Cl)cc1)[C@@H](c1ccccc1)N1CCCCCC1. The minimum atomic E-state index is -0.548. The minimum absolute atomic E-state index is 0.00419. The Morgan fingerprint density at radius 1 is 0.783 bits per heavy atom. The molecule has 0 saturated carbocycles. The summed E-state index contributed by atoms with van der Waals surface area (Å²) >= 11 is 5.99. The molecule has 0 radical (unpaired) electrons. The van der Waals surface area contributed by atoms with Gasteiger partial charge in [-0.2, -0.15) is 0 Å². The number of benzene rings is 2. The zero-order chi connectivity index (χ0) is 16.1. The summed E-state index contributed by atoms with van der Waals surface area (Å²) in [5.41, 5.74) is 2.10. The van der Waals surface area contributed by atoms with Gasteiger partial charge in [0.25, 0.3) is 0 Å². The summed E-state index contributed by atoms with van der Waals surface area (Å²) in [6.45, 7) is 2.09. The lowest BCUT2D eigenvalue weighted by molar-refractivity contribution is 0.0488. The molecule has 2 nitrogen and oxygen atoms in total. The average Bonchev–Trinajstić information content (AvgIpc) is 2.86. The number of aliphatic hydroxyl groups excluding tert-OH is 1. The van der Waals surface area contributed by atoms with E-state index in [2.05, 4.69) is 29.2 Å². The predicted molar refractivity (Wildman–Crippen MR) is 95.6 cm³/mol. The van der Waals surface area contributed by atoms with Crippen LogP contribution >= 0.6 is 11.6 Å². The van der Waals surface area contributed by atoms with Gasteiger partial charge < -0.3 is 5.11 Å². The van der Waals surface area contributed by atoms with Gasteiger partial charge in [0, 0.05) is 5.02 Å². The summed E-state index contributed by atoms with van der Waals surface area (Å²) in [6.07, 6.45) is 4.44. The molecule has 1 aliphatic heterocycles. The van der Waals surface area contributed by atoms with Crippen molar-refractivity contribution in [3.05, 3.63) is 70.7 Å². The van der Waals surface area contributed by atoms with Crippen molar-refractivity contribution in [3.63, 3.8) is 0 Å². The zero-order valence-electron chi connectivity index (χ0n) is 13.4. The number of aliphatic hydroxyl groups is 1. The Morgan fingerprint density at radius 3 is 2.00 bits per heavy atom. The van der Waals surface area contributed by atoms with Crippen molar-refractivity contribution in [2.24, 2.45) is 0 Å². The number of likely N-dealkylation sites (tertiary alicyclic amines) is 1. The third-order valence-electron chi connectivity index (χ3n) is 4.69. The van der Waals surface area contributed by atoms with Crippen molar-refractivity contribution in [3.8, 4) is 0 Å². The third-order valence-corrected chi connectivity index (χ3v) is 4.94. The van der Waals surface area contributed by atoms with Crippen molar-refractivity contribution in [1.29, 1.82) is 0 Å². The minimum Gasteiger partial charge on any atom is -0.386 e. The molecule has 23 heavy (non-hydrogen) atoms. The van der Waals surface area contributed by atoms with Gasteiger partial charge in [-0.15, -0.1) is 0 Å². The number of rotatable bonds is 4. The molecule has 3 rings (SSSR count). The molecule has 1 aliphatic rings. The van der Waals surface area contributed by atoms with Crippen LogP contribution in [0.1, 0.15) is 49.0 Å². The fourth-order valence-electron chi connectivity index (χ4n) is 3.46. The topological polar surface area (TPSA) is 23.5 Å². The summed E-state index contributed by atoms with van der Waals surface area (Å²) < 4.78 is 0. The second-order valence-corrected chi connectivity index (χ2v) is 6.74. The number of nitrogens with zero attached hydrogens (tertiary/aromatic N) is 1. The molecule has 122 valence electrons. The van der Waals surface area contributed by atoms with E-state index in [4.69, 9.17) is 11.6 Å². The van der Waals surface area contributed by atoms with Gasteiger partial charge in [0.1, 0.15) is 0 Å². The predicted octanol–water partition coefficient (Wildman–Crippen LogP) is 4.99. The molecule has 3 heteroatoms. The van der Waals surface area contributed by atoms with Crippen LogP contribution in [0.5, 0.6) is 0 Å². The van der Waals surface area contributed by atoms with Gasteiger partial charge in [-0.05, 0) is 49.2 Å². The maximum Gasteiger partial charge on any atom is 0.0986 e. The molecule has 0 amide bonds. The molecule has 2 aromatic rings. The molecule has 0 aromatic heterocycles. The highest BCUT2D eigenvalue weighted by Gasteiger charge is 2.29. The van der Waals surface area contributed by atoms with Gasteiger partial charge in [-0.3, -0.25) is 4.90 Å². The highest BCUT2D eigenvalue weighted by Crippen LogP contribution is 2.35. The van der Waals surface area contributed by atoms with Crippen LogP contribution in [0.15, 0.2) is 54.6 Å². The maximum absolute atomic E-state index is 11.1. The number of halogens is 1. The standard InChI is InChI=1S/C20H24ClNO/c21-18-12-10-17(11-13-18)20(23)19(16-8-4-3-5-9-16)22-14-6-1-2-7-15-22/h3-5,8-13,19-20,23H,1-2,6-7,14-15H2/t19-,20+/m1/s1. The molecule has 2 atom stereocenters. The van der Waals surface area contributed by atoms with E-state index in [0.717, 1.165) is 18.7 Å². The van der Waals surface area contributed by atoms with Gasteiger partial charge in [0.15, 0.2) is 0 Å². The molecule has 0 aliphatic carbocycles. The maximum atomic E-state index is 11.1. The van der Waals surface area contributed by atoms with Gasteiger partial charge >= 0.3 is 0 Å². The Balaban J connectivity index is 1.92. The van der Waals surface area contributed by atoms with Crippen LogP contribution in [0, 0.1) is 0 Å². The van der Waals surface area contributed by atoms with Crippen molar-refractivity contribution in [2.45, 2.75) is 37.8 Å². The molecular formula is C20H24ClNO. The quantitative estimate of drug-likeness (QED) is 0.854. The van der Waals surface area contributed by atoms with E-state index in [1.54, 1.807) is 0 Å². The molecular weight excluding hydrogens is 306 g/mol. The molecule has 1 heterocycles. The second kappa shape index (κ2) is 7.96. The van der Waals surface area contributed by atoms with Crippen LogP contribution in [0.4, 0.5) is 0 Å². The van der Waals surface area contributed by atoms with Crippen LogP contribution < -0.4 is 0 Å². The van der Waals surface area contributed by atoms with E-state index in [0.29, 0.717) is 5.02 Å². The summed E-state index contributed by atoms with van der Waals surface area (Å²) in [4.78, 5) is 2.45. The molecule has 1 saturated heterocycles. The van der Waals surface area contributed by atoms with Crippen molar-refractivity contribution in [2.75, 3.05) is 13.1 Å². The Labute approximate surface area is 143 Å². The Kier molecular flexibility index (Phi) is 5.71. The van der Waals surface area contributed by atoms with Gasteiger partial charge in [-0.25, -0.2) is 0 Å². The number of hydrogen-bond donors (Lipinski definition) is 1. The van der Waals surface area contributed by atoms with Crippen LogP contribution in [0.25, 0.3) is 0 Å². The summed E-state index contributed by atoms with van der Waals surface area (Å²) in [7, 11) is 0. The fraction of sp³-hybridized carbons (Fsp3) is 0.400. The molecule has 1 N–H and O–H groups in total. The van der Waals surface area contributed by atoms with E-state index in [1.807, 2.05) is 30.3 Å². The first-order chi connectivity index (χ1) is 11.3. The third kappa shape index (κ3) is 4.14. The molecule has 0 unspecified atom stereocenters. The first-order valence-corrected chi connectivity index (χ1v) is 8.86. The van der Waals surface area contributed by atoms with Crippen molar-refractivity contribution in [1.82, 2.24) is 4.90 Å². The second-order valence-electron chi connectivity index (χ2n) is 6.30. The molecule has 2 aromatic carbocycles. The lowest BCUT2D eigenvalue weighted by Gasteiger charge is -2.34. The number of hydrogen-bond acceptors (Lipinski definition) is 2. The highest BCUT2D eigenvalue weighted by molar-refractivity contribution is 6.30. The monoisotopic (exact) mass is 329 g/mol. The summed E-state index contributed by atoms with van der Waals surface area (Å²) in [5.74, 6) is 0. The van der Waals surface area contributed by atoms with E-state index in [9.17, 15) is 5.11 Å². The fourth-order valence-corrected chi connectivity index (χ4v) is 3.58. The summed E-state index contributed by atoms with van der Waals surface area (Å²) in [6, 6.07) is 17.9. The Bertz CT molecular complexity index is 591. The van der Waals surface area contributed by atoms with E-state index in [-0.39, 0.29) is 6.04 Å². The zero-order valence-corrected chi connectivity index (χ0v) is 14.1. The first-order valence-electron chi connectivity index (χ1n) is 8.48. The van der Waals surface area contributed by atoms with Crippen molar-refractivity contribution < 1.29 is 5.11 Å². The average molecular weight is 330 g/mol. The lowest BCUT2D eigenvalue weighted by atomic mass is 9.94.